The third-order valence-corrected chi connectivity index (χ3v) is 4.85. The quantitative estimate of drug-likeness (QED) is 0.509. The molecule has 0 spiro atoms. The summed E-state index contributed by atoms with van der Waals surface area (Å²) in [5, 5.41) is 5.03. The summed E-state index contributed by atoms with van der Waals surface area (Å²) >= 11 is 0. The molecule has 4 rings (SSSR count). The van der Waals surface area contributed by atoms with E-state index in [1.165, 1.54) is 0 Å². The highest BCUT2D eigenvalue weighted by molar-refractivity contribution is 5.84. The molecule has 4 aromatic rings. The van der Waals surface area contributed by atoms with Gasteiger partial charge in [-0.3, -0.25) is 9.59 Å². The number of aryl methyl sites for hydroxylation is 2. The predicted octanol–water partition coefficient (Wildman–Crippen LogP) is 3.57. The van der Waals surface area contributed by atoms with Gasteiger partial charge < -0.3 is 15.3 Å². The van der Waals surface area contributed by atoms with Crippen molar-refractivity contribution in [3.8, 4) is 0 Å². The Hall–Kier alpha value is -3.34. The molecular weight excluding hydrogens is 338 g/mol. The normalized spacial score (nSPS) is 11.1. The zero-order valence-electron chi connectivity index (χ0n) is 15.1. The van der Waals surface area contributed by atoms with Crippen LogP contribution in [0, 0.1) is 6.92 Å². The van der Waals surface area contributed by atoms with Gasteiger partial charge in [-0.05, 0) is 48.1 Å². The molecule has 2 aromatic heterocycles. The molecule has 5 heteroatoms. The van der Waals surface area contributed by atoms with Gasteiger partial charge in [0.1, 0.15) is 0 Å². The Balaban J connectivity index is 1.40. The molecule has 0 bridgehead atoms. The van der Waals surface area contributed by atoms with Crippen molar-refractivity contribution in [3.63, 3.8) is 0 Å². The van der Waals surface area contributed by atoms with E-state index in [4.69, 9.17) is 0 Å². The van der Waals surface area contributed by atoms with Crippen LogP contribution in [0.4, 0.5) is 0 Å². The van der Waals surface area contributed by atoms with E-state index in [-0.39, 0.29) is 17.9 Å². The molecule has 2 heterocycles. The van der Waals surface area contributed by atoms with Gasteiger partial charge in [0, 0.05) is 41.1 Å². The molecule has 0 atom stereocenters. The van der Waals surface area contributed by atoms with Crippen LogP contribution >= 0.6 is 0 Å². The van der Waals surface area contributed by atoms with Crippen LogP contribution in [0.2, 0.25) is 0 Å². The number of pyridine rings is 1. The van der Waals surface area contributed by atoms with Crippen LogP contribution in [0.25, 0.3) is 21.8 Å². The molecule has 0 saturated heterocycles. The first-order valence-electron chi connectivity index (χ1n) is 9.04. The zero-order chi connectivity index (χ0) is 18.8. The fourth-order valence-electron chi connectivity index (χ4n) is 3.35. The number of para-hydroxylation sites is 1. The van der Waals surface area contributed by atoms with Crippen LogP contribution in [0.5, 0.6) is 0 Å². The summed E-state index contributed by atoms with van der Waals surface area (Å²) in [6.07, 6.45) is 2.61. The van der Waals surface area contributed by atoms with Gasteiger partial charge in [0.25, 0.3) is 5.56 Å². The van der Waals surface area contributed by atoms with Crippen molar-refractivity contribution in [1.29, 1.82) is 0 Å². The number of H-pyrrole nitrogens is 2. The Labute approximate surface area is 156 Å². The minimum absolute atomic E-state index is 0.0660. The predicted molar refractivity (Wildman–Crippen MR) is 108 cm³/mol. The molecule has 5 nitrogen and oxygen atoms in total. The molecule has 0 radical (unpaired) electrons. The number of aromatic nitrogens is 2. The van der Waals surface area contributed by atoms with E-state index in [0.717, 1.165) is 32.9 Å². The Kier molecular flexibility index (Phi) is 4.50. The maximum atomic E-state index is 12.3. The minimum Gasteiger partial charge on any atom is -0.361 e. The number of carbonyl (C=O) groups excluding carboxylic acids is 1. The van der Waals surface area contributed by atoms with Crippen molar-refractivity contribution in [3.05, 3.63) is 81.8 Å². The lowest BCUT2D eigenvalue weighted by Crippen LogP contribution is -2.24. The van der Waals surface area contributed by atoms with Gasteiger partial charge in [-0.1, -0.05) is 30.3 Å². The molecule has 1 amide bonds. The lowest BCUT2D eigenvalue weighted by Gasteiger charge is -2.06. The highest BCUT2D eigenvalue weighted by Gasteiger charge is 2.08. The van der Waals surface area contributed by atoms with Crippen LogP contribution in [0.3, 0.4) is 0 Å². The van der Waals surface area contributed by atoms with Gasteiger partial charge in [-0.25, -0.2) is 0 Å². The van der Waals surface area contributed by atoms with Crippen molar-refractivity contribution >= 4 is 27.7 Å². The van der Waals surface area contributed by atoms with Crippen LogP contribution in [0.1, 0.15) is 23.1 Å². The summed E-state index contributed by atoms with van der Waals surface area (Å²) in [5.74, 6) is -0.0660. The summed E-state index contributed by atoms with van der Waals surface area (Å²) in [7, 11) is 0. The molecule has 0 aliphatic heterocycles. The first-order valence-corrected chi connectivity index (χ1v) is 9.04. The molecule has 0 aliphatic carbocycles. The molecule has 136 valence electrons. The molecule has 2 aromatic carbocycles. The van der Waals surface area contributed by atoms with Crippen LogP contribution in [-0.4, -0.2) is 15.9 Å². The number of nitrogens with one attached hydrogen (secondary N) is 3. The van der Waals surface area contributed by atoms with Gasteiger partial charge in [-0.15, -0.1) is 0 Å². The Morgan fingerprint density at radius 3 is 2.78 bits per heavy atom. The average Bonchev–Trinajstić information content (AvgIpc) is 3.08. The molecule has 0 fully saturated rings. The summed E-state index contributed by atoms with van der Waals surface area (Å²) in [5.41, 5.74) is 4.54. The van der Waals surface area contributed by atoms with Crippen molar-refractivity contribution in [1.82, 2.24) is 15.3 Å². The number of hydrogen-bond acceptors (Lipinski definition) is 2. The lowest BCUT2D eigenvalue weighted by atomic mass is 10.1. The molecule has 3 N–H and O–H groups in total. The summed E-state index contributed by atoms with van der Waals surface area (Å²) in [4.78, 5) is 30.6. The zero-order valence-corrected chi connectivity index (χ0v) is 15.1. The van der Waals surface area contributed by atoms with Crippen LogP contribution in [0.15, 0.2) is 59.5 Å². The van der Waals surface area contributed by atoms with E-state index < -0.39 is 0 Å². The smallest absolute Gasteiger partial charge is 0.251 e. The maximum Gasteiger partial charge on any atom is 0.251 e. The SMILES string of the molecule is Cc1ccc2cc(CCC(=O)NCc3c[nH]c4ccccc34)c(=O)[nH]c2c1. The van der Waals surface area contributed by atoms with Crippen molar-refractivity contribution in [2.24, 2.45) is 0 Å². The highest BCUT2D eigenvalue weighted by atomic mass is 16.1. The second-order valence-electron chi connectivity index (χ2n) is 6.85. The number of hydrogen-bond donors (Lipinski definition) is 3. The van der Waals surface area contributed by atoms with Gasteiger partial charge in [0.05, 0.1) is 0 Å². The van der Waals surface area contributed by atoms with E-state index in [1.807, 2.05) is 61.7 Å². The molecular formula is C22H21N3O2. The highest BCUT2D eigenvalue weighted by Crippen LogP contribution is 2.17. The Bertz CT molecular complexity index is 1190. The van der Waals surface area contributed by atoms with E-state index in [0.29, 0.717) is 18.5 Å². The lowest BCUT2D eigenvalue weighted by molar-refractivity contribution is -0.121. The number of rotatable bonds is 5. The van der Waals surface area contributed by atoms with E-state index in [2.05, 4.69) is 15.3 Å². The summed E-state index contributed by atoms with van der Waals surface area (Å²) in [6.45, 7) is 2.46. The third kappa shape index (κ3) is 3.62. The van der Waals surface area contributed by atoms with Crippen molar-refractivity contribution < 1.29 is 4.79 Å². The summed E-state index contributed by atoms with van der Waals surface area (Å²) in [6, 6.07) is 15.8. The number of amides is 1. The Morgan fingerprint density at radius 2 is 1.89 bits per heavy atom. The van der Waals surface area contributed by atoms with Crippen LogP contribution < -0.4 is 10.9 Å². The van der Waals surface area contributed by atoms with Crippen LogP contribution in [-0.2, 0) is 17.8 Å². The molecule has 0 saturated carbocycles. The van der Waals surface area contributed by atoms with Crippen molar-refractivity contribution in [2.75, 3.05) is 0 Å². The fourth-order valence-corrected chi connectivity index (χ4v) is 3.35. The van der Waals surface area contributed by atoms with Crippen molar-refractivity contribution in [2.45, 2.75) is 26.3 Å². The fraction of sp³-hybridized carbons (Fsp3) is 0.182. The standard InChI is InChI=1S/C22H21N3O2/c1-14-6-7-15-11-16(22(27)25-20(15)10-14)8-9-21(26)24-13-17-12-23-19-5-3-2-4-18(17)19/h2-7,10-12,23H,8-9,13H2,1H3,(H,24,26)(H,25,27). The monoisotopic (exact) mass is 359 g/mol. The molecule has 27 heavy (non-hydrogen) atoms. The number of fused-ring (bicyclic) bond motifs is 2. The van der Waals surface area contributed by atoms with E-state index >= 15 is 0 Å². The number of aromatic amines is 2. The number of carbonyl (C=O) groups is 1. The minimum atomic E-state index is -0.127. The molecule has 0 aliphatic rings. The number of benzene rings is 2. The Morgan fingerprint density at radius 1 is 1.04 bits per heavy atom. The largest absolute Gasteiger partial charge is 0.361 e. The van der Waals surface area contributed by atoms with Gasteiger partial charge in [0.15, 0.2) is 0 Å². The maximum absolute atomic E-state index is 12.3. The van der Waals surface area contributed by atoms with Gasteiger partial charge >= 0.3 is 0 Å². The molecule has 0 unspecified atom stereocenters. The first-order chi connectivity index (χ1) is 13.1. The third-order valence-electron chi connectivity index (χ3n) is 4.85. The van der Waals surface area contributed by atoms with E-state index in [1.54, 1.807) is 0 Å². The van der Waals surface area contributed by atoms with Gasteiger partial charge in [0.2, 0.25) is 5.91 Å². The first kappa shape index (κ1) is 17.1. The average molecular weight is 359 g/mol. The summed E-state index contributed by atoms with van der Waals surface area (Å²) < 4.78 is 0. The second kappa shape index (κ2) is 7.11. The van der Waals surface area contributed by atoms with Gasteiger partial charge in [-0.2, -0.15) is 0 Å². The van der Waals surface area contributed by atoms with E-state index in [9.17, 15) is 9.59 Å². The second-order valence-corrected chi connectivity index (χ2v) is 6.85. The topological polar surface area (TPSA) is 77.8 Å².